The molecule has 2 heterocycles. The van der Waals surface area contributed by atoms with Crippen LogP contribution in [0.25, 0.3) is 11.5 Å². The second-order valence-electron chi connectivity index (χ2n) is 5.36. The highest BCUT2D eigenvalue weighted by molar-refractivity contribution is 5.77. The molecule has 0 saturated carbocycles. The van der Waals surface area contributed by atoms with Gasteiger partial charge in [0, 0.05) is 13.2 Å². The van der Waals surface area contributed by atoms with Crippen molar-refractivity contribution in [1.29, 1.82) is 0 Å². The third kappa shape index (κ3) is 4.11. The molecule has 0 aliphatic carbocycles. The zero-order chi connectivity index (χ0) is 16.8. The highest BCUT2D eigenvalue weighted by Gasteiger charge is 2.09. The lowest BCUT2D eigenvalue weighted by atomic mass is 10.2. The van der Waals surface area contributed by atoms with Crippen molar-refractivity contribution in [3.05, 3.63) is 66.1 Å². The van der Waals surface area contributed by atoms with Crippen LogP contribution >= 0.6 is 0 Å². The number of aryl methyl sites for hydroxylation is 1. The molecule has 0 unspecified atom stereocenters. The van der Waals surface area contributed by atoms with E-state index < -0.39 is 0 Å². The number of carbonyl (C=O) groups is 1. The van der Waals surface area contributed by atoms with Crippen LogP contribution in [0.15, 0.2) is 59.1 Å². The number of ether oxygens (including phenoxy) is 1. The molecule has 3 aromatic rings. The van der Waals surface area contributed by atoms with E-state index >= 15 is 0 Å². The van der Waals surface area contributed by atoms with E-state index in [1.54, 1.807) is 10.9 Å². The monoisotopic (exact) mass is 325 g/mol. The van der Waals surface area contributed by atoms with Gasteiger partial charge in [-0.15, -0.1) is 0 Å². The fraction of sp³-hybridized carbons (Fsp3) is 0.222. The second-order valence-corrected chi connectivity index (χ2v) is 5.36. The Morgan fingerprint density at radius 2 is 2.04 bits per heavy atom. The maximum absolute atomic E-state index is 11.8. The SMILES string of the molecule is Cn1nccc1-c1ccc(CNC(=O)COCc2ccccc2)o1. The minimum atomic E-state index is -0.176. The molecule has 0 bridgehead atoms. The molecule has 3 rings (SSSR count). The molecule has 1 aromatic carbocycles. The summed E-state index contributed by atoms with van der Waals surface area (Å²) in [7, 11) is 1.85. The Hall–Kier alpha value is -2.86. The lowest BCUT2D eigenvalue weighted by Crippen LogP contribution is -2.26. The Labute approximate surface area is 140 Å². The number of furan rings is 1. The first-order valence-corrected chi connectivity index (χ1v) is 7.68. The van der Waals surface area contributed by atoms with E-state index in [0.717, 1.165) is 17.0 Å². The molecule has 2 aromatic heterocycles. The van der Waals surface area contributed by atoms with Crippen LogP contribution in [0.4, 0.5) is 0 Å². The highest BCUT2D eigenvalue weighted by atomic mass is 16.5. The lowest BCUT2D eigenvalue weighted by Gasteiger charge is -2.05. The number of aromatic nitrogens is 2. The van der Waals surface area contributed by atoms with E-state index in [-0.39, 0.29) is 12.5 Å². The third-order valence-corrected chi connectivity index (χ3v) is 3.54. The fourth-order valence-electron chi connectivity index (χ4n) is 2.30. The summed E-state index contributed by atoms with van der Waals surface area (Å²) in [5, 5.41) is 6.88. The van der Waals surface area contributed by atoms with E-state index in [1.165, 1.54) is 0 Å². The van der Waals surface area contributed by atoms with Crippen molar-refractivity contribution in [2.75, 3.05) is 6.61 Å². The maximum Gasteiger partial charge on any atom is 0.246 e. The molecule has 0 saturated heterocycles. The van der Waals surface area contributed by atoms with Gasteiger partial charge in [-0.25, -0.2) is 0 Å². The summed E-state index contributed by atoms with van der Waals surface area (Å²) in [6.07, 6.45) is 1.71. The molecule has 1 N–H and O–H groups in total. The Morgan fingerprint density at radius 3 is 2.79 bits per heavy atom. The van der Waals surface area contributed by atoms with Crippen molar-refractivity contribution in [3.8, 4) is 11.5 Å². The standard InChI is InChI=1S/C18H19N3O3/c1-21-16(9-10-20-21)17-8-7-15(24-17)11-19-18(22)13-23-12-14-5-3-2-4-6-14/h2-10H,11-13H2,1H3,(H,19,22). The number of nitrogens with one attached hydrogen (secondary N) is 1. The first-order valence-electron chi connectivity index (χ1n) is 7.68. The van der Waals surface area contributed by atoms with Gasteiger partial charge in [0.05, 0.1) is 13.2 Å². The number of nitrogens with zero attached hydrogens (tertiary/aromatic N) is 2. The summed E-state index contributed by atoms with van der Waals surface area (Å²) in [5.74, 6) is 1.23. The Bertz CT molecular complexity index is 793. The Balaban J connectivity index is 1.43. The molecule has 0 aliphatic rings. The predicted molar refractivity (Wildman–Crippen MR) is 88.9 cm³/mol. The number of hydrogen-bond acceptors (Lipinski definition) is 4. The Kier molecular flexibility index (Phi) is 5.08. The number of carbonyl (C=O) groups excluding carboxylic acids is 1. The maximum atomic E-state index is 11.8. The zero-order valence-electron chi connectivity index (χ0n) is 13.4. The van der Waals surface area contributed by atoms with Gasteiger partial charge in [0.1, 0.15) is 18.1 Å². The van der Waals surface area contributed by atoms with Gasteiger partial charge in [0.2, 0.25) is 5.91 Å². The lowest BCUT2D eigenvalue weighted by molar-refractivity contribution is -0.126. The highest BCUT2D eigenvalue weighted by Crippen LogP contribution is 2.20. The van der Waals surface area contributed by atoms with Gasteiger partial charge in [-0.1, -0.05) is 30.3 Å². The van der Waals surface area contributed by atoms with Crippen molar-refractivity contribution in [2.24, 2.45) is 7.05 Å². The minimum absolute atomic E-state index is 0.0180. The number of rotatable bonds is 7. The van der Waals surface area contributed by atoms with Gasteiger partial charge >= 0.3 is 0 Å². The Morgan fingerprint density at radius 1 is 1.21 bits per heavy atom. The molecule has 0 radical (unpaired) electrons. The van der Waals surface area contributed by atoms with Crippen LogP contribution in [-0.2, 0) is 29.7 Å². The molecule has 0 aliphatic heterocycles. The molecule has 0 atom stereocenters. The smallest absolute Gasteiger partial charge is 0.246 e. The fourth-order valence-corrected chi connectivity index (χ4v) is 2.30. The third-order valence-electron chi connectivity index (χ3n) is 3.54. The first kappa shape index (κ1) is 16.0. The van der Waals surface area contributed by atoms with Crippen molar-refractivity contribution in [2.45, 2.75) is 13.2 Å². The van der Waals surface area contributed by atoms with Crippen molar-refractivity contribution >= 4 is 5.91 Å². The van der Waals surface area contributed by atoms with Crippen LogP contribution < -0.4 is 5.32 Å². The average Bonchev–Trinajstić information content (AvgIpc) is 3.22. The molecule has 24 heavy (non-hydrogen) atoms. The topological polar surface area (TPSA) is 69.3 Å². The summed E-state index contributed by atoms with van der Waals surface area (Å²) in [5.41, 5.74) is 1.93. The molecule has 1 amide bonds. The summed E-state index contributed by atoms with van der Waals surface area (Å²) < 4.78 is 12.8. The van der Waals surface area contributed by atoms with Crippen LogP contribution in [0.1, 0.15) is 11.3 Å². The second kappa shape index (κ2) is 7.61. The molecular formula is C18H19N3O3. The molecule has 124 valence electrons. The van der Waals surface area contributed by atoms with Crippen LogP contribution in [0.5, 0.6) is 0 Å². The van der Waals surface area contributed by atoms with E-state index in [2.05, 4.69) is 10.4 Å². The van der Waals surface area contributed by atoms with Crippen molar-refractivity contribution < 1.29 is 13.9 Å². The molecule has 6 nitrogen and oxygen atoms in total. The van der Waals surface area contributed by atoms with Crippen LogP contribution in [-0.4, -0.2) is 22.3 Å². The number of amides is 1. The molecule has 6 heteroatoms. The quantitative estimate of drug-likeness (QED) is 0.725. The summed E-state index contributed by atoms with van der Waals surface area (Å²) >= 11 is 0. The molecule has 0 spiro atoms. The van der Waals surface area contributed by atoms with Gasteiger partial charge in [0.15, 0.2) is 5.76 Å². The van der Waals surface area contributed by atoms with E-state index in [0.29, 0.717) is 18.9 Å². The predicted octanol–water partition coefficient (Wildman–Crippen LogP) is 2.51. The van der Waals surface area contributed by atoms with Gasteiger partial charge in [0.25, 0.3) is 0 Å². The van der Waals surface area contributed by atoms with E-state index in [4.69, 9.17) is 9.15 Å². The average molecular weight is 325 g/mol. The van der Waals surface area contributed by atoms with Gasteiger partial charge in [-0.05, 0) is 23.8 Å². The number of benzene rings is 1. The normalized spacial score (nSPS) is 10.7. The van der Waals surface area contributed by atoms with E-state index in [1.807, 2.05) is 55.6 Å². The van der Waals surface area contributed by atoms with Crippen LogP contribution in [0.3, 0.4) is 0 Å². The van der Waals surface area contributed by atoms with Gasteiger partial charge < -0.3 is 14.5 Å². The van der Waals surface area contributed by atoms with Gasteiger partial charge in [-0.2, -0.15) is 5.10 Å². The number of hydrogen-bond donors (Lipinski definition) is 1. The first-order chi connectivity index (χ1) is 11.7. The summed E-state index contributed by atoms with van der Waals surface area (Å²) in [6, 6.07) is 15.3. The van der Waals surface area contributed by atoms with Crippen LogP contribution in [0.2, 0.25) is 0 Å². The molecule has 0 fully saturated rings. The molecular weight excluding hydrogens is 306 g/mol. The zero-order valence-corrected chi connectivity index (χ0v) is 13.4. The van der Waals surface area contributed by atoms with Crippen LogP contribution in [0, 0.1) is 0 Å². The van der Waals surface area contributed by atoms with E-state index in [9.17, 15) is 4.79 Å². The van der Waals surface area contributed by atoms with Gasteiger partial charge in [-0.3, -0.25) is 9.48 Å². The summed E-state index contributed by atoms with van der Waals surface area (Å²) in [4.78, 5) is 11.8. The summed E-state index contributed by atoms with van der Waals surface area (Å²) in [6.45, 7) is 0.759. The van der Waals surface area contributed by atoms with Crippen molar-refractivity contribution in [1.82, 2.24) is 15.1 Å². The largest absolute Gasteiger partial charge is 0.458 e. The minimum Gasteiger partial charge on any atom is -0.458 e. The van der Waals surface area contributed by atoms with Crippen molar-refractivity contribution in [3.63, 3.8) is 0 Å².